The van der Waals surface area contributed by atoms with Crippen LogP contribution in [0.25, 0.3) is 0 Å². The summed E-state index contributed by atoms with van der Waals surface area (Å²) in [7, 11) is 0. The lowest BCUT2D eigenvalue weighted by molar-refractivity contribution is -0.137. The van der Waals surface area contributed by atoms with E-state index in [1.54, 1.807) is 11.3 Å². The Morgan fingerprint density at radius 2 is 2.06 bits per heavy atom. The van der Waals surface area contributed by atoms with E-state index < -0.39 is 12.1 Å². The van der Waals surface area contributed by atoms with Crippen LogP contribution in [0.15, 0.2) is 12.1 Å². The van der Waals surface area contributed by atoms with E-state index in [2.05, 4.69) is 20.8 Å². The minimum atomic E-state index is -0.869. The van der Waals surface area contributed by atoms with Crippen LogP contribution in [0.5, 0.6) is 0 Å². The highest BCUT2D eigenvalue weighted by Gasteiger charge is 2.19. The van der Waals surface area contributed by atoms with Crippen LogP contribution in [0.3, 0.4) is 0 Å². The predicted molar refractivity (Wildman–Crippen MR) is 64.8 cm³/mol. The fourth-order valence-electron chi connectivity index (χ4n) is 1.34. The van der Waals surface area contributed by atoms with Crippen molar-refractivity contribution in [1.29, 1.82) is 0 Å². The molecule has 1 atom stereocenters. The fourth-order valence-corrected chi connectivity index (χ4v) is 2.42. The summed E-state index contributed by atoms with van der Waals surface area (Å²) < 4.78 is 0. The number of carbonyl (C=O) groups is 1. The minimum Gasteiger partial charge on any atom is -0.481 e. The summed E-state index contributed by atoms with van der Waals surface area (Å²) in [5.74, 6) is -0.869. The van der Waals surface area contributed by atoms with Crippen LogP contribution in [0.2, 0.25) is 0 Å². The Morgan fingerprint density at radius 3 is 2.50 bits per heavy atom. The maximum Gasteiger partial charge on any atom is 0.303 e. The Kier molecular flexibility index (Phi) is 4.10. The molecule has 1 heterocycles. The van der Waals surface area contributed by atoms with Crippen LogP contribution in [0.1, 0.15) is 49.5 Å². The van der Waals surface area contributed by atoms with Crippen molar-refractivity contribution >= 4 is 17.3 Å². The number of aliphatic carboxylic acids is 1. The Hall–Kier alpha value is -0.870. The molecule has 1 aromatic rings. The second-order valence-corrected chi connectivity index (χ2v) is 6.02. The molecule has 3 nitrogen and oxygen atoms in total. The molecule has 0 aromatic carbocycles. The zero-order chi connectivity index (χ0) is 12.3. The molecule has 4 heteroatoms. The van der Waals surface area contributed by atoms with E-state index in [4.69, 9.17) is 5.11 Å². The number of aliphatic hydroxyl groups is 1. The summed E-state index contributed by atoms with van der Waals surface area (Å²) in [5.41, 5.74) is 0.0788. The van der Waals surface area contributed by atoms with Gasteiger partial charge < -0.3 is 10.2 Å². The number of aliphatic hydroxyl groups excluding tert-OH is 1. The van der Waals surface area contributed by atoms with Gasteiger partial charge in [0.1, 0.15) is 0 Å². The van der Waals surface area contributed by atoms with Gasteiger partial charge in [0.25, 0.3) is 0 Å². The summed E-state index contributed by atoms with van der Waals surface area (Å²) in [4.78, 5) is 12.5. The zero-order valence-electron chi connectivity index (χ0n) is 9.86. The van der Waals surface area contributed by atoms with E-state index in [1.807, 2.05) is 12.1 Å². The van der Waals surface area contributed by atoms with Crippen molar-refractivity contribution in [3.8, 4) is 0 Å². The van der Waals surface area contributed by atoms with Gasteiger partial charge >= 0.3 is 5.97 Å². The van der Waals surface area contributed by atoms with E-state index >= 15 is 0 Å². The van der Waals surface area contributed by atoms with Gasteiger partial charge in [0.15, 0.2) is 0 Å². The lowest BCUT2D eigenvalue weighted by atomic mass is 9.95. The van der Waals surface area contributed by atoms with Crippen molar-refractivity contribution in [1.82, 2.24) is 0 Å². The Labute approximate surface area is 99.7 Å². The van der Waals surface area contributed by atoms with E-state index in [0.717, 1.165) is 4.88 Å². The Morgan fingerprint density at radius 1 is 1.44 bits per heavy atom. The second-order valence-electron chi connectivity index (χ2n) is 4.90. The van der Waals surface area contributed by atoms with Gasteiger partial charge in [-0.1, -0.05) is 20.8 Å². The van der Waals surface area contributed by atoms with Gasteiger partial charge in [-0.25, -0.2) is 0 Å². The summed E-state index contributed by atoms with van der Waals surface area (Å²) in [5, 5.41) is 18.3. The molecule has 1 rings (SSSR count). The van der Waals surface area contributed by atoms with Gasteiger partial charge in [0.2, 0.25) is 0 Å². The molecular weight excluding hydrogens is 224 g/mol. The van der Waals surface area contributed by atoms with Gasteiger partial charge in [-0.05, 0) is 24.0 Å². The Bertz CT molecular complexity index is 363. The van der Waals surface area contributed by atoms with Crippen molar-refractivity contribution in [2.24, 2.45) is 0 Å². The van der Waals surface area contributed by atoms with Gasteiger partial charge in [0.05, 0.1) is 6.10 Å². The average molecular weight is 242 g/mol. The van der Waals surface area contributed by atoms with Gasteiger partial charge in [-0.15, -0.1) is 11.3 Å². The van der Waals surface area contributed by atoms with Gasteiger partial charge in [0, 0.05) is 16.2 Å². The zero-order valence-corrected chi connectivity index (χ0v) is 10.7. The molecule has 0 spiro atoms. The molecule has 0 radical (unpaired) electrons. The first-order valence-electron chi connectivity index (χ1n) is 5.31. The lowest BCUT2D eigenvalue weighted by Crippen LogP contribution is -2.07. The summed E-state index contributed by atoms with van der Waals surface area (Å²) >= 11 is 1.56. The highest BCUT2D eigenvalue weighted by Crippen LogP contribution is 2.33. The van der Waals surface area contributed by atoms with Crippen LogP contribution in [-0.4, -0.2) is 16.2 Å². The van der Waals surface area contributed by atoms with Crippen molar-refractivity contribution in [2.45, 2.75) is 45.1 Å². The molecular formula is C12H18O3S. The highest BCUT2D eigenvalue weighted by atomic mass is 32.1. The molecule has 16 heavy (non-hydrogen) atoms. The monoisotopic (exact) mass is 242 g/mol. The van der Waals surface area contributed by atoms with Gasteiger partial charge in [-0.2, -0.15) is 0 Å². The molecule has 0 saturated heterocycles. The quantitative estimate of drug-likeness (QED) is 0.853. The molecule has 0 fully saturated rings. The number of hydrogen-bond acceptors (Lipinski definition) is 3. The summed E-state index contributed by atoms with van der Waals surface area (Å²) in [6.07, 6.45) is -0.374. The molecule has 2 N–H and O–H groups in total. The van der Waals surface area contributed by atoms with Crippen LogP contribution >= 0.6 is 11.3 Å². The molecule has 1 unspecified atom stereocenters. The Balaban J connectivity index is 2.67. The van der Waals surface area contributed by atoms with E-state index in [1.165, 1.54) is 4.88 Å². The maximum atomic E-state index is 10.4. The molecule has 90 valence electrons. The van der Waals surface area contributed by atoms with E-state index in [9.17, 15) is 9.90 Å². The number of hydrogen-bond donors (Lipinski definition) is 2. The standard InChI is InChI=1S/C12H18O3S/c1-12(2,3)10-6-5-9(16-10)8(13)4-7-11(14)15/h5-6,8,13H,4,7H2,1-3H3,(H,14,15). The molecule has 0 aliphatic carbocycles. The fraction of sp³-hybridized carbons (Fsp3) is 0.583. The largest absolute Gasteiger partial charge is 0.481 e. The second kappa shape index (κ2) is 4.97. The molecule has 0 saturated carbocycles. The number of rotatable bonds is 4. The number of carboxylic acids is 1. The third kappa shape index (κ3) is 3.61. The maximum absolute atomic E-state index is 10.4. The van der Waals surface area contributed by atoms with Crippen molar-refractivity contribution < 1.29 is 15.0 Å². The molecule has 1 aromatic heterocycles. The first-order chi connectivity index (χ1) is 7.30. The van der Waals surface area contributed by atoms with E-state index in [0.29, 0.717) is 0 Å². The molecule has 0 aliphatic rings. The molecule has 0 bridgehead atoms. The SMILES string of the molecule is CC(C)(C)c1ccc(C(O)CCC(=O)O)s1. The van der Waals surface area contributed by atoms with Crippen LogP contribution in [0.4, 0.5) is 0 Å². The third-order valence-electron chi connectivity index (χ3n) is 2.33. The van der Waals surface area contributed by atoms with Crippen LogP contribution < -0.4 is 0 Å². The number of carboxylic acid groups (broad SMARTS) is 1. The molecule has 0 aliphatic heterocycles. The minimum absolute atomic E-state index is 0.00389. The first-order valence-corrected chi connectivity index (χ1v) is 6.12. The van der Waals surface area contributed by atoms with Gasteiger partial charge in [-0.3, -0.25) is 4.79 Å². The predicted octanol–water partition coefficient (Wildman–Crippen LogP) is 2.94. The highest BCUT2D eigenvalue weighted by molar-refractivity contribution is 7.12. The van der Waals surface area contributed by atoms with Crippen LogP contribution in [0, 0.1) is 0 Å². The topological polar surface area (TPSA) is 57.5 Å². The summed E-state index contributed by atoms with van der Waals surface area (Å²) in [6.45, 7) is 6.35. The summed E-state index contributed by atoms with van der Waals surface area (Å²) in [6, 6.07) is 3.89. The number of thiophene rings is 1. The third-order valence-corrected chi connectivity index (χ3v) is 3.94. The van der Waals surface area contributed by atoms with Crippen LogP contribution in [-0.2, 0) is 10.2 Å². The normalized spacial score (nSPS) is 13.8. The lowest BCUT2D eigenvalue weighted by Gasteiger charge is -2.15. The van der Waals surface area contributed by atoms with Crippen molar-refractivity contribution in [3.05, 3.63) is 21.9 Å². The van der Waals surface area contributed by atoms with Crippen molar-refractivity contribution in [2.75, 3.05) is 0 Å². The first kappa shape index (κ1) is 13.2. The average Bonchev–Trinajstić information content (AvgIpc) is 2.61. The molecule has 0 amide bonds. The smallest absolute Gasteiger partial charge is 0.303 e. The van der Waals surface area contributed by atoms with Crippen molar-refractivity contribution in [3.63, 3.8) is 0 Å². The van der Waals surface area contributed by atoms with E-state index in [-0.39, 0.29) is 18.3 Å².